The number of nitrogens with one attached hydrogen (secondary N) is 1. The van der Waals surface area contributed by atoms with Crippen molar-refractivity contribution < 1.29 is 14.3 Å². The first-order valence-electron chi connectivity index (χ1n) is 10.2. The number of halogens is 1. The first kappa shape index (κ1) is 23.1. The standard InChI is InChI=1S/C22H24FN3O2.C2H6/c1-12(2)22-16(5-7-21(27)28)17-10-19(25)14(11-24)9-20(17)26(22)15-4-6-18(23)13(3)8-15;1-2/h4,6,8-12,24H,5,7,25H2,1-3H3,(H,27,28);1-2H3. The van der Waals surface area contributed by atoms with Crippen molar-refractivity contribution in [3.8, 4) is 5.69 Å². The lowest BCUT2D eigenvalue weighted by atomic mass is 9.98. The lowest BCUT2D eigenvalue weighted by molar-refractivity contribution is -0.136. The molecule has 0 saturated carbocycles. The molecule has 1 heterocycles. The van der Waals surface area contributed by atoms with Gasteiger partial charge < -0.3 is 20.8 Å². The molecule has 0 atom stereocenters. The molecule has 30 heavy (non-hydrogen) atoms. The second-order valence-electron chi connectivity index (χ2n) is 7.32. The number of aliphatic carboxylic acids is 1. The molecule has 0 aliphatic carbocycles. The summed E-state index contributed by atoms with van der Waals surface area (Å²) in [6, 6.07) is 8.58. The zero-order chi connectivity index (χ0) is 22.6. The zero-order valence-corrected chi connectivity index (χ0v) is 18.2. The van der Waals surface area contributed by atoms with Crippen LogP contribution in [0.3, 0.4) is 0 Å². The molecule has 0 radical (unpaired) electrons. The minimum atomic E-state index is -0.864. The van der Waals surface area contributed by atoms with E-state index in [2.05, 4.69) is 0 Å². The fourth-order valence-corrected chi connectivity index (χ4v) is 3.72. The molecular formula is C24H30FN3O2. The van der Waals surface area contributed by atoms with Crippen LogP contribution in [0.15, 0.2) is 30.3 Å². The lowest BCUT2D eigenvalue weighted by Crippen LogP contribution is -2.06. The van der Waals surface area contributed by atoms with Crippen LogP contribution in [-0.2, 0) is 11.2 Å². The Morgan fingerprint density at radius 1 is 1.27 bits per heavy atom. The van der Waals surface area contributed by atoms with Crippen LogP contribution in [0.25, 0.3) is 16.6 Å². The van der Waals surface area contributed by atoms with Gasteiger partial charge in [-0.2, -0.15) is 0 Å². The minimum Gasteiger partial charge on any atom is -0.481 e. The van der Waals surface area contributed by atoms with Gasteiger partial charge in [0.25, 0.3) is 0 Å². The first-order chi connectivity index (χ1) is 14.2. The molecule has 0 unspecified atom stereocenters. The summed E-state index contributed by atoms with van der Waals surface area (Å²) in [5, 5.41) is 17.7. The van der Waals surface area contributed by atoms with Crippen LogP contribution < -0.4 is 5.73 Å². The third kappa shape index (κ3) is 4.37. The fourth-order valence-electron chi connectivity index (χ4n) is 3.72. The van der Waals surface area contributed by atoms with E-state index in [9.17, 15) is 14.3 Å². The number of hydrogen-bond donors (Lipinski definition) is 3. The number of anilines is 1. The van der Waals surface area contributed by atoms with Gasteiger partial charge in [-0.1, -0.05) is 27.7 Å². The van der Waals surface area contributed by atoms with E-state index in [1.165, 1.54) is 12.3 Å². The topological polar surface area (TPSA) is 92.1 Å². The van der Waals surface area contributed by atoms with Gasteiger partial charge in [0.05, 0.1) is 5.52 Å². The van der Waals surface area contributed by atoms with Crippen LogP contribution in [0, 0.1) is 18.2 Å². The minimum absolute atomic E-state index is 0.00745. The molecule has 3 rings (SSSR count). The molecule has 6 heteroatoms. The number of nitrogens with zero attached hydrogens (tertiary/aromatic N) is 1. The predicted octanol–water partition coefficient (Wildman–Crippen LogP) is 5.82. The Kier molecular flexibility index (Phi) is 7.38. The average Bonchev–Trinajstić information content (AvgIpc) is 3.02. The number of nitrogens with two attached hydrogens (primary N) is 1. The molecule has 0 fully saturated rings. The van der Waals surface area contributed by atoms with Crippen molar-refractivity contribution in [3.05, 3.63) is 58.5 Å². The summed E-state index contributed by atoms with van der Waals surface area (Å²) >= 11 is 0. The molecule has 160 valence electrons. The molecule has 0 amide bonds. The Hall–Kier alpha value is -3.15. The molecule has 1 aromatic heterocycles. The highest BCUT2D eigenvalue weighted by atomic mass is 19.1. The van der Waals surface area contributed by atoms with Crippen molar-refractivity contribution in [2.45, 2.75) is 53.4 Å². The first-order valence-corrected chi connectivity index (χ1v) is 10.2. The van der Waals surface area contributed by atoms with Gasteiger partial charge in [0.1, 0.15) is 5.82 Å². The Morgan fingerprint density at radius 3 is 2.47 bits per heavy atom. The molecule has 0 aliphatic rings. The van der Waals surface area contributed by atoms with Crippen molar-refractivity contribution >= 4 is 28.8 Å². The SMILES string of the molecule is CC.Cc1cc(-n2c(C(C)C)c(CCC(=O)O)c3cc(N)c(C=N)cc32)ccc1F. The van der Waals surface area contributed by atoms with E-state index in [1.54, 1.807) is 19.1 Å². The molecule has 2 aromatic carbocycles. The van der Waals surface area contributed by atoms with Gasteiger partial charge in [0.15, 0.2) is 0 Å². The maximum absolute atomic E-state index is 13.9. The second-order valence-corrected chi connectivity index (χ2v) is 7.32. The Labute approximate surface area is 176 Å². The van der Waals surface area contributed by atoms with Crippen LogP contribution in [0.5, 0.6) is 0 Å². The highest BCUT2D eigenvalue weighted by molar-refractivity contribution is 5.98. The van der Waals surface area contributed by atoms with Crippen LogP contribution in [-0.4, -0.2) is 21.9 Å². The summed E-state index contributed by atoms with van der Waals surface area (Å²) in [4.78, 5) is 11.2. The van der Waals surface area contributed by atoms with Crippen molar-refractivity contribution in [3.63, 3.8) is 0 Å². The lowest BCUT2D eigenvalue weighted by Gasteiger charge is -2.16. The number of aryl methyl sites for hydroxylation is 2. The van der Waals surface area contributed by atoms with Crippen molar-refractivity contribution in [2.75, 3.05) is 5.73 Å². The normalized spacial score (nSPS) is 10.8. The van der Waals surface area contributed by atoms with Gasteiger partial charge in [0.2, 0.25) is 0 Å². The zero-order valence-electron chi connectivity index (χ0n) is 18.2. The van der Waals surface area contributed by atoms with Crippen molar-refractivity contribution in [1.82, 2.24) is 4.57 Å². The highest BCUT2D eigenvalue weighted by Crippen LogP contribution is 2.37. The number of carbonyl (C=O) groups is 1. The summed E-state index contributed by atoms with van der Waals surface area (Å²) in [5.74, 6) is -1.04. The van der Waals surface area contributed by atoms with E-state index >= 15 is 0 Å². The molecule has 0 bridgehead atoms. The number of nitrogen functional groups attached to an aromatic ring is 1. The smallest absolute Gasteiger partial charge is 0.303 e. The van der Waals surface area contributed by atoms with E-state index in [4.69, 9.17) is 11.1 Å². The van der Waals surface area contributed by atoms with E-state index in [0.717, 1.165) is 27.8 Å². The highest BCUT2D eigenvalue weighted by Gasteiger charge is 2.22. The molecule has 0 aliphatic heterocycles. The quantitative estimate of drug-likeness (QED) is 0.352. The van der Waals surface area contributed by atoms with Crippen LogP contribution in [0.2, 0.25) is 0 Å². The molecule has 5 nitrogen and oxygen atoms in total. The van der Waals surface area contributed by atoms with Gasteiger partial charge in [-0.05, 0) is 60.7 Å². The van der Waals surface area contributed by atoms with Crippen molar-refractivity contribution in [2.24, 2.45) is 0 Å². The maximum atomic E-state index is 13.9. The van der Waals surface area contributed by atoms with E-state index in [-0.39, 0.29) is 18.2 Å². The third-order valence-corrected chi connectivity index (χ3v) is 5.01. The number of rotatable bonds is 6. The Balaban J connectivity index is 0.00000155. The van der Waals surface area contributed by atoms with Gasteiger partial charge >= 0.3 is 5.97 Å². The van der Waals surface area contributed by atoms with Gasteiger partial charge in [0, 0.05) is 40.7 Å². The maximum Gasteiger partial charge on any atom is 0.303 e. The number of carboxylic acid groups (broad SMARTS) is 1. The summed E-state index contributed by atoms with van der Waals surface area (Å²) in [5.41, 5.74) is 11.2. The summed E-state index contributed by atoms with van der Waals surface area (Å²) < 4.78 is 15.9. The number of benzene rings is 2. The second kappa shape index (κ2) is 9.57. The number of aromatic nitrogens is 1. The van der Waals surface area contributed by atoms with Gasteiger partial charge in [-0.3, -0.25) is 4.79 Å². The molecule has 4 N–H and O–H groups in total. The number of carboxylic acids is 1. The van der Waals surface area contributed by atoms with Crippen LogP contribution in [0.4, 0.5) is 10.1 Å². The molecular weight excluding hydrogens is 381 g/mol. The monoisotopic (exact) mass is 411 g/mol. The number of hydrogen-bond acceptors (Lipinski definition) is 3. The van der Waals surface area contributed by atoms with Crippen LogP contribution >= 0.6 is 0 Å². The van der Waals surface area contributed by atoms with Gasteiger partial charge in [-0.25, -0.2) is 4.39 Å². The predicted molar refractivity (Wildman–Crippen MR) is 122 cm³/mol. The number of fused-ring (bicyclic) bond motifs is 1. The molecule has 0 saturated heterocycles. The van der Waals surface area contributed by atoms with E-state index < -0.39 is 5.97 Å². The summed E-state index contributed by atoms with van der Waals surface area (Å²) in [6.45, 7) is 9.81. The third-order valence-electron chi connectivity index (χ3n) is 5.01. The largest absolute Gasteiger partial charge is 0.481 e. The summed E-state index contributed by atoms with van der Waals surface area (Å²) in [7, 11) is 0. The van der Waals surface area contributed by atoms with E-state index in [0.29, 0.717) is 23.2 Å². The average molecular weight is 412 g/mol. The molecule has 3 aromatic rings. The Bertz CT molecular complexity index is 1080. The van der Waals surface area contributed by atoms with Crippen molar-refractivity contribution in [1.29, 1.82) is 5.41 Å². The molecule has 0 spiro atoms. The van der Waals surface area contributed by atoms with E-state index in [1.807, 2.05) is 44.4 Å². The van der Waals surface area contributed by atoms with Crippen LogP contribution in [0.1, 0.15) is 62.4 Å². The fraction of sp³-hybridized carbons (Fsp3) is 0.333. The van der Waals surface area contributed by atoms with Gasteiger partial charge in [-0.15, -0.1) is 0 Å². The Morgan fingerprint density at radius 2 is 1.93 bits per heavy atom. The summed E-state index contributed by atoms with van der Waals surface area (Å²) in [6.07, 6.45) is 1.58.